The molecule has 19 heavy (non-hydrogen) atoms. The average Bonchev–Trinajstić information content (AvgIpc) is 2.35. The quantitative estimate of drug-likeness (QED) is 0.751. The molecule has 0 aliphatic rings. The normalized spacial score (nSPS) is 12.2. The lowest BCUT2D eigenvalue weighted by atomic mass is 10.0. The minimum absolute atomic E-state index is 0.196. The molecule has 1 amide bonds. The lowest BCUT2D eigenvalue weighted by Crippen LogP contribution is -2.29. The van der Waals surface area contributed by atoms with Crippen molar-refractivity contribution < 1.29 is 9.18 Å². The van der Waals surface area contributed by atoms with Crippen LogP contribution in [0.4, 0.5) is 4.39 Å². The van der Waals surface area contributed by atoms with E-state index in [0.29, 0.717) is 18.0 Å². The van der Waals surface area contributed by atoms with E-state index in [-0.39, 0.29) is 11.7 Å². The molecule has 1 rings (SSSR count). The summed E-state index contributed by atoms with van der Waals surface area (Å²) >= 11 is 3.43. The van der Waals surface area contributed by atoms with E-state index in [4.69, 9.17) is 0 Å². The van der Waals surface area contributed by atoms with Crippen LogP contribution in [0.2, 0.25) is 0 Å². The Balaban J connectivity index is 2.58. The number of aryl methyl sites for hydroxylation is 1. The second-order valence-electron chi connectivity index (χ2n) is 4.86. The summed E-state index contributed by atoms with van der Waals surface area (Å²) in [5.41, 5.74) is 1.15. The summed E-state index contributed by atoms with van der Waals surface area (Å²) in [5, 5.41) is 3.83. The summed E-state index contributed by atoms with van der Waals surface area (Å²) < 4.78 is 13.2. The van der Waals surface area contributed by atoms with Gasteiger partial charge in [0, 0.05) is 17.4 Å². The van der Waals surface area contributed by atoms with Crippen LogP contribution >= 0.6 is 15.9 Å². The molecular weight excluding hydrogens is 309 g/mol. The molecule has 1 aromatic carbocycles. The summed E-state index contributed by atoms with van der Waals surface area (Å²) in [6, 6.07) is 4.40. The Hall–Kier alpha value is -0.900. The molecule has 0 aromatic heterocycles. The molecule has 1 aromatic rings. The van der Waals surface area contributed by atoms with Crippen molar-refractivity contribution in [2.45, 2.75) is 33.1 Å². The Bertz CT molecular complexity index is 396. The van der Waals surface area contributed by atoms with Gasteiger partial charge in [-0.1, -0.05) is 29.3 Å². The van der Waals surface area contributed by atoms with Crippen LogP contribution in [0.25, 0.3) is 0 Å². The highest BCUT2D eigenvalue weighted by Crippen LogP contribution is 2.13. The van der Waals surface area contributed by atoms with Crippen molar-refractivity contribution in [1.29, 1.82) is 0 Å². The number of hydrogen-bond donors (Lipinski definition) is 1. The maximum atomic E-state index is 13.2. The lowest BCUT2D eigenvalue weighted by molar-refractivity contribution is 0.0945. The lowest BCUT2D eigenvalue weighted by Gasteiger charge is -2.15. The number of benzene rings is 1. The van der Waals surface area contributed by atoms with Crippen molar-refractivity contribution in [3.8, 4) is 0 Å². The molecule has 0 spiro atoms. The van der Waals surface area contributed by atoms with Gasteiger partial charge in [0.25, 0.3) is 5.91 Å². The van der Waals surface area contributed by atoms with Crippen molar-refractivity contribution >= 4 is 21.8 Å². The summed E-state index contributed by atoms with van der Waals surface area (Å²) in [6.07, 6.45) is 3.23. The second kappa shape index (κ2) is 8.31. The fraction of sp³-hybridized carbons (Fsp3) is 0.533. The maximum absolute atomic E-state index is 13.2. The molecule has 0 aliphatic heterocycles. The largest absolute Gasteiger partial charge is 0.352 e. The van der Waals surface area contributed by atoms with Gasteiger partial charge in [-0.25, -0.2) is 4.39 Å². The number of carbonyl (C=O) groups is 1. The van der Waals surface area contributed by atoms with Crippen molar-refractivity contribution in [3.63, 3.8) is 0 Å². The van der Waals surface area contributed by atoms with Gasteiger partial charge in [0.15, 0.2) is 0 Å². The van der Waals surface area contributed by atoms with Gasteiger partial charge in [-0.15, -0.1) is 0 Å². The molecule has 106 valence electrons. The maximum Gasteiger partial charge on any atom is 0.251 e. The first-order valence-corrected chi connectivity index (χ1v) is 7.80. The summed E-state index contributed by atoms with van der Waals surface area (Å²) in [6.45, 7) is 4.57. The number of carbonyl (C=O) groups excluding carboxylic acids is 1. The molecule has 0 aliphatic carbocycles. The van der Waals surface area contributed by atoms with E-state index in [2.05, 4.69) is 28.2 Å². The van der Waals surface area contributed by atoms with Crippen LogP contribution in [-0.2, 0) is 0 Å². The molecule has 0 heterocycles. The minimum atomic E-state index is -0.365. The fourth-order valence-electron chi connectivity index (χ4n) is 2.12. The fourth-order valence-corrected chi connectivity index (χ4v) is 2.77. The van der Waals surface area contributed by atoms with E-state index in [9.17, 15) is 9.18 Å². The van der Waals surface area contributed by atoms with E-state index >= 15 is 0 Å². The number of rotatable bonds is 7. The number of amides is 1. The van der Waals surface area contributed by atoms with Gasteiger partial charge < -0.3 is 5.32 Å². The van der Waals surface area contributed by atoms with Gasteiger partial charge in [-0.3, -0.25) is 4.79 Å². The molecule has 0 radical (unpaired) electrons. The van der Waals surface area contributed by atoms with E-state index in [1.807, 2.05) is 0 Å². The second-order valence-corrected chi connectivity index (χ2v) is 5.65. The van der Waals surface area contributed by atoms with Gasteiger partial charge in [0.1, 0.15) is 5.82 Å². The number of nitrogens with one attached hydrogen (secondary N) is 1. The van der Waals surface area contributed by atoms with Gasteiger partial charge in [0.05, 0.1) is 0 Å². The van der Waals surface area contributed by atoms with Crippen molar-refractivity contribution in [2.24, 2.45) is 5.92 Å². The average molecular weight is 330 g/mol. The third-order valence-corrected chi connectivity index (χ3v) is 3.53. The SMILES string of the molecule is CCCC(CCBr)CNC(=O)c1cc(C)cc(F)c1. The van der Waals surface area contributed by atoms with Gasteiger partial charge in [-0.2, -0.15) is 0 Å². The molecular formula is C15H21BrFNO. The topological polar surface area (TPSA) is 29.1 Å². The molecule has 1 N–H and O–H groups in total. The predicted molar refractivity (Wildman–Crippen MR) is 80.3 cm³/mol. The zero-order valence-corrected chi connectivity index (χ0v) is 13.1. The molecule has 0 fully saturated rings. The van der Waals surface area contributed by atoms with Crippen LogP contribution in [0.3, 0.4) is 0 Å². The minimum Gasteiger partial charge on any atom is -0.352 e. The molecule has 0 saturated heterocycles. The highest BCUT2D eigenvalue weighted by Gasteiger charge is 2.11. The van der Waals surface area contributed by atoms with Gasteiger partial charge >= 0.3 is 0 Å². The Morgan fingerprint density at radius 2 is 2.11 bits per heavy atom. The molecule has 1 atom stereocenters. The molecule has 0 saturated carbocycles. The van der Waals surface area contributed by atoms with E-state index < -0.39 is 0 Å². The van der Waals surface area contributed by atoms with E-state index in [1.165, 1.54) is 12.1 Å². The van der Waals surface area contributed by atoms with Gasteiger partial charge in [0.2, 0.25) is 0 Å². The van der Waals surface area contributed by atoms with E-state index in [1.54, 1.807) is 13.0 Å². The molecule has 0 bridgehead atoms. The Morgan fingerprint density at radius 3 is 2.68 bits per heavy atom. The molecule has 4 heteroatoms. The van der Waals surface area contributed by atoms with Crippen LogP contribution in [-0.4, -0.2) is 17.8 Å². The van der Waals surface area contributed by atoms with E-state index in [0.717, 1.165) is 30.2 Å². The third-order valence-electron chi connectivity index (χ3n) is 3.07. The summed E-state index contributed by atoms with van der Waals surface area (Å²) in [7, 11) is 0. The number of halogens is 2. The first-order valence-electron chi connectivity index (χ1n) is 6.68. The van der Waals surface area contributed by atoms with Crippen LogP contribution in [0.5, 0.6) is 0 Å². The Labute approximate surface area is 122 Å². The number of hydrogen-bond acceptors (Lipinski definition) is 1. The van der Waals surface area contributed by atoms with Crippen LogP contribution in [0, 0.1) is 18.7 Å². The van der Waals surface area contributed by atoms with Crippen LogP contribution in [0.15, 0.2) is 18.2 Å². The highest BCUT2D eigenvalue weighted by molar-refractivity contribution is 9.09. The first kappa shape index (κ1) is 16.2. The summed E-state index contributed by atoms with van der Waals surface area (Å²) in [4.78, 5) is 12.0. The monoisotopic (exact) mass is 329 g/mol. The van der Waals surface area contributed by atoms with Crippen molar-refractivity contribution in [1.82, 2.24) is 5.32 Å². The zero-order valence-electron chi connectivity index (χ0n) is 11.5. The highest BCUT2D eigenvalue weighted by atomic mass is 79.9. The Kier molecular flexibility index (Phi) is 7.06. The first-order chi connectivity index (χ1) is 9.06. The predicted octanol–water partition coefficient (Wildman–Crippen LogP) is 4.07. The molecule has 2 nitrogen and oxygen atoms in total. The third kappa shape index (κ3) is 5.72. The summed E-state index contributed by atoms with van der Waals surface area (Å²) in [5.74, 6) is -0.0861. The smallest absolute Gasteiger partial charge is 0.251 e. The van der Waals surface area contributed by atoms with Crippen LogP contribution in [0.1, 0.15) is 42.1 Å². The van der Waals surface area contributed by atoms with Crippen molar-refractivity contribution in [2.75, 3.05) is 11.9 Å². The van der Waals surface area contributed by atoms with Gasteiger partial charge in [-0.05, 0) is 49.4 Å². The van der Waals surface area contributed by atoms with Crippen LogP contribution < -0.4 is 5.32 Å². The standard InChI is InChI=1S/C15H21BrFNO/c1-3-4-12(5-6-16)10-18-15(19)13-7-11(2)8-14(17)9-13/h7-9,12H,3-6,10H2,1-2H3,(H,18,19). The molecule has 1 unspecified atom stereocenters. The Morgan fingerprint density at radius 1 is 1.37 bits per heavy atom. The van der Waals surface area contributed by atoms with Crippen molar-refractivity contribution in [3.05, 3.63) is 35.1 Å². The zero-order chi connectivity index (χ0) is 14.3. The number of alkyl halides is 1.